The first-order valence-electron chi connectivity index (χ1n) is 2.20. The van der Waals surface area contributed by atoms with Crippen LogP contribution < -0.4 is 18.0 Å². The maximum absolute atomic E-state index is 5.36. The summed E-state index contributed by atoms with van der Waals surface area (Å²) in [5, 5.41) is 0. The van der Waals surface area contributed by atoms with Gasteiger partial charge in [0.05, 0.1) is 0 Å². The molecule has 46 valence electrons. The Morgan fingerprint density at radius 3 is 1.56 bits per heavy atom. The Labute approximate surface area is 55.0 Å². The van der Waals surface area contributed by atoms with Crippen LogP contribution in [0.2, 0.25) is 0 Å². The van der Waals surface area contributed by atoms with Gasteiger partial charge in [0.2, 0.25) is 0 Å². The van der Waals surface area contributed by atoms with Crippen molar-refractivity contribution in [3.05, 3.63) is 30.3 Å². The fraction of sp³-hybridized carbons (Fsp3) is 0. The third-order valence-corrected chi connectivity index (χ3v) is 0.800. The Morgan fingerprint density at radius 2 is 1.33 bits per heavy atom. The second-order valence-corrected chi connectivity index (χ2v) is 1.41. The lowest BCUT2D eigenvalue weighted by Gasteiger charge is -1.83. The van der Waals surface area contributed by atoms with Gasteiger partial charge in [-0.3, -0.25) is 0 Å². The van der Waals surface area contributed by atoms with Crippen LogP contribution in [0.4, 0.5) is 5.69 Å². The van der Waals surface area contributed by atoms with E-state index in [1.165, 1.54) is 0 Å². The van der Waals surface area contributed by atoms with Crippen molar-refractivity contribution in [1.82, 2.24) is 12.3 Å². The van der Waals surface area contributed by atoms with Gasteiger partial charge in [-0.1, -0.05) is 18.2 Å². The highest BCUT2D eigenvalue weighted by Gasteiger charge is 1.72. The predicted octanol–water partition coefficient (Wildman–Crippen LogP) is 0.308. The maximum Gasteiger partial charge on any atom is 0.0313 e. The zero-order chi connectivity index (χ0) is 5.11. The summed E-state index contributed by atoms with van der Waals surface area (Å²) in [6.45, 7) is 0. The highest BCUT2D eigenvalue weighted by Crippen LogP contribution is 1.95. The monoisotopic (exact) mass is 121 g/mol. The van der Waals surface area contributed by atoms with Crippen molar-refractivity contribution in [1.29, 1.82) is 0 Å². The molecule has 0 aliphatic heterocycles. The van der Waals surface area contributed by atoms with Gasteiger partial charge in [-0.2, -0.15) is 0 Å². The highest BCUT2D eigenvalue weighted by atomic mass is 14.5. The van der Waals surface area contributed by atoms with Crippen molar-refractivity contribution in [2.45, 2.75) is 0 Å². The normalized spacial score (nSPS) is 6.67. The summed E-state index contributed by atoms with van der Waals surface area (Å²) >= 11 is 0. The molecule has 2 N–H and O–H groups in total. The van der Waals surface area contributed by atoms with Crippen molar-refractivity contribution in [3.63, 3.8) is 0 Å². The second-order valence-electron chi connectivity index (χ2n) is 1.41. The van der Waals surface area contributed by atoms with Crippen molar-refractivity contribution < 1.29 is 0 Å². The Morgan fingerprint density at radius 1 is 0.889 bits per heavy atom. The fourth-order valence-corrected chi connectivity index (χ4v) is 0.453. The summed E-state index contributed by atoms with van der Waals surface area (Å²) in [5.74, 6) is 0. The van der Waals surface area contributed by atoms with Crippen LogP contribution in [0.25, 0.3) is 0 Å². The molecule has 9 heavy (non-hydrogen) atoms. The number of nitrogens with zero attached hydrogens (tertiary/aromatic N) is 2. The molecule has 0 amide bonds. The van der Waals surface area contributed by atoms with Crippen molar-refractivity contribution in [2.75, 3.05) is 5.73 Å². The van der Waals surface area contributed by atoms with Crippen LogP contribution in [0.15, 0.2) is 30.3 Å². The van der Waals surface area contributed by atoms with Gasteiger partial charge in [0.1, 0.15) is 0 Å². The standard InChI is InChI=1S/C6H7N.2N/c7-6-4-2-1-3-5-6;;/h1-5H,7H2;;. The summed E-state index contributed by atoms with van der Waals surface area (Å²) in [6.07, 6.45) is 0. The van der Waals surface area contributed by atoms with Gasteiger partial charge < -0.3 is 5.73 Å². The molecule has 0 aromatic heterocycles. The van der Waals surface area contributed by atoms with Gasteiger partial charge in [0, 0.05) is 18.0 Å². The van der Waals surface area contributed by atoms with Crippen LogP contribution in [0.5, 0.6) is 0 Å². The van der Waals surface area contributed by atoms with E-state index in [2.05, 4.69) is 0 Å². The van der Waals surface area contributed by atoms with Gasteiger partial charge >= 0.3 is 0 Å². The molecule has 3 heteroatoms. The summed E-state index contributed by atoms with van der Waals surface area (Å²) in [6, 6.07) is 9.49. The Kier molecular flexibility index (Phi) is 6.12. The quantitative estimate of drug-likeness (QED) is 0.492. The summed E-state index contributed by atoms with van der Waals surface area (Å²) in [5.41, 5.74) is 6.18. The van der Waals surface area contributed by atoms with E-state index in [1.54, 1.807) is 0 Å². The molecule has 0 aliphatic rings. The highest BCUT2D eigenvalue weighted by molar-refractivity contribution is 5.35. The van der Waals surface area contributed by atoms with Crippen LogP contribution in [0, 0.1) is 0 Å². The minimum absolute atomic E-state index is 0. The molecule has 0 atom stereocenters. The first-order chi connectivity index (χ1) is 3.39. The van der Waals surface area contributed by atoms with Crippen molar-refractivity contribution >= 4 is 5.69 Å². The zero-order valence-electron chi connectivity index (χ0n) is 4.86. The van der Waals surface area contributed by atoms with Crippen LogP contribution >= 0.6 is 0 Å². The van der Waals surface area contributed by atoms with Crippen LogP contribution in [0.3, 0.4) is 0 Å². The third kappa shape index (κ3) is 3.52. The number of para-hydroxylation sites is 1. The average molecular weight is 121 g/mol. The van der Waals surface area contributed by atoms with E-state index in [0.717, 1.165) is 5.69 Å². The van der Waals surface area contributed by atoms with Gasteiger partial charge in [-0.15, -0.1) is 0 Å². The minimum Gasteiger partial charge on any atom is -0.399 e. The molecule has 0 saturated carbocycles. The minimum atomic E-state index is 0. The molecule has 3 nitrogen and oxygen atoms in total. The lowest BCUT2D eigenvalue weighted by molar-refractivity contribution is 1.69. The van der Waals surface area contributed by atoms with E-state index >= 15 is 0 Å². The molecule has 1 rings (SSSR count). The summed E-state index contributed by atoms with van der Waals surface area (Å²) in [7, 11) is 0. The molecule has 0 heterocycles. The SMILES string of the molecule is Nc1ccccc1.[N].[N]. The van der Waals surface area contributed by atoms with Crippen molar-refractivity contribution in [2.24, 2.45) is 0 Å². The fourth-order valence-electron chi connectivity index (χ4n) is 0.453. The summed E-state index contributed by atoms with van der Waals surface area (Å²) in [4.78, 5) is 0. The number of anilines is 1. The first kappa shape index (κ1) is 10.8. The molecule has 0 unspecified atom stereocenters. The lowest BCUT2D eigenvalue weighted by atomic mass is 10.3. The molecule has 0 saturated heterocycles. The van der Waals surface area contributed by atoms with E-state index in [0.29, 0.717) is 0 Å². The lowest BCUT2D eigenvalue weighted by Crippen LogP contribution is -1.79. The van der Waals surface area contributed by atoms with Gasteiger partial charge in [0.15, 0.2) is 0 Å². The molecule has 6 radical (unpaired) electrons. The maximum atomic E-state index is 5.36. The second kappa shape index (κ2) is 5.08. The van der Waals surface area contributed by atoms with Crippen LogP contribution in [-0.2, 0) is 0 Å². The smallest absolute Gasteiger partial charge is 0.0313 e. The molecule has 1 aromatic carbocycles. The molecular weight excluding hydrogens is 114 g/mol. The first-order valence-corrected chi connectivity index (χ1v) is 2.20. The van der Waals surface area contributed by atoms with E-state index in [4.69, 9.17) is 5.73 Å². The van der Waals surface area contributed by atoms with Gasteiger partial charge in [0.25, 0.3) is 0 Å². The van der Waals surface area contributed by atoms with E-state index in [9.17, 15) is 0 Å². The Bertz CT molecular complexity index is 138. The van der Waals surface area contributed by atoms with E-state index < -0.39 is 0 Å². The van der Waals surface area contributed by atoms with E-state index in [1.807, 2.05) is 30.3 Å². The number of benzene rings is 1. The molecule has 0 aliphatic carbocycles. The summed E-state index contributed by atoms with van der Waals surface area (Å²) < 4.78 is 0. The number of hydrogen-bond acceptors (Lipinski definition) is 1. The number of nitrogen functional groups attached to an aromatic ring is 1. The molecule has 0 fully saturated rings. The predicted molar refractivity (Wildman–Crippen MR) is 35.1 cm³/mol. The van der Waals surface area contributed by atoms with Crippen LogP contribution in [-0.4, -0.2) is 0 Å². The van der Waals surface area contributed by atoms with Gasteiger partial charge in [-0.25, -0.2) is 0 Å². The van der Waals surface area contributed by atoms with Gasteiger partial charge in [-0.05, 0) is 12.1 Å². The van der Waals surface area contributed by atoms with Crippen LogP contribution in [0.1, 0.15) is 0 Å². The Hall–Kier alpha value is -1.06. The topological polar surface area (TPSA) is 87.0 Å². The average Bonchev–Trinajstić information content (AvgIpc) is 1.69. The largest absolute Gasteiger partial charge is 0.399 e. The molecule has 1 aromatic rings. The van der Waals surface area contributed by atoms with E-state index in [-0.39, 0.29) is 12.3 Å². The Balaban J connectivity index is 0. The number of hydrogen-bond donors (Lipinski definition) is 1. The number of nitrogens with two attached hydrogens (primary N) is 1. The number of rotatable bonds is 0. The zero-order valence-corrected chi connectivity index (χ0v) is 4.86. The van der Waals surface area contributed by atoms with Crippen molar-refractivity contribution in [3.8, 4) is 0 Å². The molecule has 0 bridgehead atoms. The molecule has 0 spiro atoms. The third-order valence-electron chi connectivity index (χ3n) is 0.800. The molecular formula is C6H7N3.